The monoisotopic (exact) mass is 340 g/mol. The van der Waals surface area contributed by atoms with E-state index < -0.39 is 16.8 Å². The lowest BCUT2D eigenvalue weighted by atomic mass is 9.61. The van der Waals surface area contributed by atoms with Crippen molar-refractivity contribution in [3.8, 4) is 0 Å². The second kappa shape index (κ2) is 5.94. The SMILES string of the molecule is [B]c1ccc(S(=O)NC2CC3(C2)CN(C(=O)CCl)C3)cc1F. The van der Waals surface area contributed by atoms with E-state index in [1.807, 2.05) is 0 Å². The zero-order valence-corrected chi connectivity index (χ0v) is 13.4. The first-order valence-corrected chi connectivity index (χ1v) is 8.68. The summed E-state index contributed by atoms with van der Waals surface area (Å²) in [5.74, 6) is -0.582. The van der Waals surface area contributed by atoms with Crippen molar-refractivity contribution in [1.29, 1.82) is 0 Å². The number of rotatable bonds is 4. The van der Waals surface area contributed by atoms with Crippen LogP contribution in [-0.2, 0) is 15.8 Å². The molecule has 4 nitrogen and oxygen atoms in total. The molecule has 0 aromatic heterocycles. The maximum Gasteiger partial charge on any atom is 0.237 e. The third-order valence-corrected chi connectivity index (χ3v) is 5.80. The number of hydrogen-bond donors (Lipinski definition) is 1. The highest BCUT2D eigenvalue weighted by molar-refractivity contribution is 7.83. The molecule has 1 aliphatic carbocycles. The first-order chi connectivity index (χ1) is 10.4. The predicted octanol–water partition coefficient (Wildman–Crippen LogP) is 0.462. The van der Waals surface area contributed by atoms with Gasteiger partial charge in [0, 0.05) is 24.5 Å². The normalized spacial score (nSPS) is 21.3. The van der Waals surface area contributed by atoms with Crippen LogP contribution in [0.2, 0.25) is 0 Å². The summed E-state index contributed by atoms with van der Waals surface area (Å²) in [6.45, 7) is 1.44. The van der Waals surface area contributed by atoms with Gasteiger partial charge in [-0.1, -0.05) is 11.5 Å². The first-order valence-electron chi connectivity index (χ1n) is 6.99. The van der Waals surface area contributed by atoms with E-state index in [4.69, 9.17) is 19.4 Å². The van der Waals surface area contributed by atoms with E-state index in [1.54, 1.807) is 11.0 Å². The van der Waals surface area contributed by atoms with Crippen LogP contribution in [-0.4, -0.2) is 47.9 Å². The standard InChI is InChI=1S/C14H15BClFN2O2S/c15-11-2-1-10(3-12(11)17)22(21)18-9-4-14(5-9)7-19(8-14)13(20)6-16/h1-3,9,18H,4-8H2. The fraction of sp³-hybridized carbons (Fsp3) is 0.500. The van der Waals surface area contributed by atoms with E-state index in [2.05, 4.69) is 4.72 Å². The Morgan fingerprint density at radius 3 is 2.77 bits per heavy atom. The minimum absolute atomic E-state index is 0.0183. The highest BCUT2D eigenvalue weighted by atomic mass is 35.5. The zero-order valence-electron chi connectivity index (χ0n) is 11.9. The number of carbonyl (C=O) groups excluding carboxylic acids is 1. The maximum atomic E-state index is 13.4. The first kappa shape index (κ1) is 16.0. The Morgan fingerprint density at radius 1 is 1.50 bits per heavy atom. The number of halogens is 2. The minimum Gasteiger partial charge on any atom is -0.340 e. The molecule has 0 bridgehead atoms. The number of carbonyl (C=O) groups is 1. The van der Waals surface area contributed by atoms with E-state index >= 15 is 0 Å². The van der Waals surface area contributed by atoms with Crippen LogP contribution in [0.3, 0.4) is 0 Å². The fourth-order valence-corrected chi connectivity index (χ4v) is 4.37. The molecule has 2 aliphatic rings. The summed E-state index contributed by atoms with van der Waals surface area (Å²) in [5, 5.41) is 0. The minimum atomic E-state index is -1.46. The van der Waals surface area contributed by atoms with Crippen molar-refractivity contribution in [1.82, 2.24) is 9.62 Å². The second-order valence-electron chi connectivity index (χ2n) is 6.06. The molecule has 1 amide bonds. The molecule has 3 rings (SSSR count). The Kier molecular flexibility index (Phi) is 4.31. The largest absolute Gasteiger partial charge is 0.340 e. The smallest absolute Gasteiger partial charge is 0.237 e. The van der Waals surface area contributed by atoms with Gasteiger partial charge in [0.25, 0.3) is 0 Å². The van der Waals surface area contributed by atoms with Gasteiger partial charge in [0.15, 0.2) is 0 Å². The molecule has 1 aliphatic heterocycles. The Labute approximate surface area is 137 Å². The van der Waals surface area contributed by atoms with Crippen LogP contribution in [0.25, 0.3) is 0 Å². The van der Waals surface area contributed by atoms with Gasteiger partial charge >= 0.3 is 0 Å². The van der Waals surface area contributed by atoms with Crippen LogP contribution in [0.5, 0.6) is 0 Å². The van der Waals surface area contributed by atoms with Crippen LogP contribution < -0.4 is 10.2 Å². The average Bonchev–Trinajstić information content (AvgIpc) is 2.41. The molecule has 8 heteroatoms. The predicted molar refractivity (Wildman–Crippen MR) is 84.1 cm³/mol. The Morgan fingerprint density at radius 2 is 2.18 bits per heavy atom. The van der Waals surface area contributed by atoms with Gasteiger partial charge in [0.05, 0.1) is 4.90 Å². The van der Waals surface area contributed by atoms with Crippen molar-refractivity contribution in [2.24, 2.45) is 5.41 Å². The highest BCUT2D eigenvalue weighted by Gasteiger charge is 2.53. The molecular weight excluding hydrogens is 325 g/mol. The molecule has 1 saturated carbocycles. The number of alkyl halides is 1. The molecule has 1 unspecified atom stereocenters. The average molecular weight is 341 g/mol. The topological polar surface area (TPSA) is 49.4 Å². The Bertz CT molecular complexity index is 631. The van der Waals surface area contributed by atoms with Crippen molar-refractivity contribution in [2.75, 3.05) is 19.0 Å². The number of nitrogens with zero attached hydrogens (tertiary/aromatic N) is 1. The molecule has 1 aromatic carbocycles. The summed E-state index contributed by atoms with van der Waals surface area (Å²) < 4.78 is 28.5. The molecule has 22 heavy (non-hydrogen) atoms. The van der Waals surface area contributed by atoms with Gasteiger partial charge in [-0.15, -0.1) is 11.6 Å². The summed E-state index contributed by atoms with van der Waals surface area (Å²) in [4.78, 5) is 13.5. The van der Waals surface area contributed by atoms with Gasteiger partial charge < -0.3 is 4.90 Å². The number of benzene rings is 1. The highest BCUT2D eigenvalue weighted by Crippen LogP contribution is 2.48. The molecule has 1 aromatic rings. The van der Waals surface area contributed by atoms with Crippen molar-refractivity contribution in [3.05, 3.63) is 24.0 Å². The van der Waals surface area contributed by atoms with Crippen LogP contribution in [0.4, 0.5) is 4.39 Å². The Balaban J connectivity index is 1.49. The van der Waals surface area contributed by atoms with Crippen LogP contribution in [0.15, 0.2) is 23.1 Å². The lowest BCUT2D eigenvalue weighted by Gasteiger charge is -2.58. The van der Waals surface area contributed by atoms with Crippen LogP contribution in [0.1, 0.15) is 12.8 Å². The second-order valence-corrected chi connectivity index (χ2v) is 7.57. The molecular formula is C14H15BClFN2O2S. The van der Waals surface area contributed by atoms with Gasteiger partial charge in [-0.25, -0.2) is 13.3 Å². The number of nitrogens with one attached hydrogen (secondary N) is 1. The maximum absolute atomic E-state index is 13.4. The quantitative estimate of drug-likeness (QED) is 0.639. The summed E-state index contributed by atoms with van der Waals surface area (Å²) in [5.41, 5.74) is 0.192. The molecule has 1 atom stereocenters. The summed E-state index contributed by atoms with van der Waals surface area (Å²) in [6.07, 6.45) is 1.73. The summed E-state index contributed by atoms with van der Waals surface area (Å²) >= 11 is 5.52. The van der Waals surface area contributed by atoms with Crippen molar-refractivity contribution < 1.29 is 13.4 Å². The lowest BCUT2D eigenvalue weighted by molar-refractivity contribution is -0.148. The number of hydrogen-bond acceptors (Lipinski definition) is 2. The van der Waals surface area contributed by atoms with Crippen molar-refractivity contribution in [2.45, 2.75) is 23.8 Å². The lowest BCUT2D eigenvalue weighted by Crippen LogP contribution is -2.67. The molecule has 1 spiro atoms. The summed E-state index contributed by atoms with van der Waals surface area (Å²) in [6, 6.07) is 4.28. The number of amides is 1. The van der Waals surface area contributed by atoms with Gasteiger partial charge in [-0.3, -0.25) is 4.79 Å². The summed E-state index contributed by atoms with van der Waals surface area (Å²) in [7, 11) is 3.94. The van der Waals surface area contributed by atoms with Crippen molar-refractivity contribution >= 4 is 41.8 Å². The van der Waals surface area contributed by atoms with Crippen molar-refractivity contribution in [3.63, 3.8) is 0 Å². The molecule has 1 heterocycles. The Hall–Kier alpha value is -0.915. The molecule has 1 saturated heterocycles. The third-order valence-electron chi connectivity index (χ3n) is 4.34. The number of likely N-dealkylation sites (tertiary alicyclic amines) is 1. The molecule has 2 fully saturated rings. The van der Waals surface area contributed by atoms with Gasteiger partial charge in [0.2, 0.25) is 5.91 Å². The van der Waals surface area contributed by atoms with Gasteiger partial charge in [0.1, 0.15) is 30.5 Å². The van der Waals surface area contributed by atoms with Crippen LogP contribution in [0, 0.1) is 11.2 Å². The van der Waals surface area contributed by atoms with Gasteiger partial charge in [-0.05, 0) is 25.0 Å². The van der Waals surface area contributed by atoms with Crippen LogP contribution >= 0.6 is 11.6 Å². The fourth-order valence-electron chi connectivity index (χ4n) is 3.19. The van der Waals surface area contributed by atoms with Gasteiger partial charge in [-0.2, -0.15) is 0 Å². The zero-order chi connectivity index (χ0) is 15.9. The van der Waals surface area contributed by atoms with E-state index in [1.165, 1.54) is 12.1 Å². The van der Waals surface area contributed by atoms with E-state index in [-0.39, 0.29) is 28.7 Å². The third kappa shape index (κ3) is 2.94. The molecule has 116 valence electrons. The van der Waals surface area contributed by atoms with E-state index in [9.17, 15) is 13.4 Å². The molecule has 2 radical (unpaired) electrons. The van der Waals surface area contributed by atoms with E-state index in [0.717, 1.165) is 25.9 Å². The van der Waals surface area contributed by atoms with E-state index in [0.29, 0.717) is 4.90 Å². The molecule has 1 N–H and O–H groups in total.